The largest absolute Gasteiger partial charge is 0.311 e. The molecule has 3 heterocycles. The minimum absolute atomic E-state index is 0.0174. The van der Waals surface area contributed by atoms with Gasteiger partial charge in [0.25, 0.3) is 6.71 Å². The number of fused-ring (bicyclic) bond motifs is 11. The molecule has 0 bridgehead atoms. The van der Waals surface area contributed by atoms with Crippen LogP contribution in [0.1, 0.15) is 191 Å². The van der Waals surface area contributed by atoms with Crippen LogP contribution in [-0.2, 0) is 33.5 Å². The van der Waals surface area contributed by atoms with Crippen molar-refractivity contribution in [3.05, 3.63) is 128 Å². The Balaban J connectivity index is 1.23. The van der Waals surface area contributed by atoms with Gasteiger partial charge in [-0.3, -0.25) is 0 Å². The van der Waals surface area contributed by atoms with Gasteiger partial charge in [-0.15, -0.1) is 0 Å². The summed E-state index contributed by atoms with van der Waals surface area (Å²) in [5.74, 6) is 0.510. The monoisotopic (exact) mass is 871 g/mol. The fourth-order valence-electron chi connectivity index (χ4n) is 14.9. The number of benzene rings is 5. The maximum Gasteiger partial charge on any atom is 0.252 e. The predicted molar refractivity (Wildman–Crippen MR) is 285 cm³/mol. The Hall–Kier alpha value is -4.50. The highest BCUT2D eigenvalue weighted by atomic mass is 15.2. The van der Waals surface area contributed by atoms with Crippen LogP contribution in [0.15, 0.2) is 72.3 Å². The van der Waals surface area contributed by atoms with Crippen LogP contribution in [0.5, 0.6) is 0 Å². The summed E-state index contributed by atoms with van der Waals surface area (Å²) in [4.78, 5) is 5.58. The van der Waals surface area contributed by atoms with Crippen molar-refractivity contribution in [3.8, 4) is 0 Å². The standard InChI is InChI=1S/C63H75BN2/c1-36-29-51-55-52(30-36)66-50-35-45-44(61(12,13)25-26-62(45,14)15)34-46(50)63(16)28-27-58(6,7)41-20-21-47(56(66)53(41)63)64(55)54-40-33-43-42(59(8,9)23-24-60(43,10)11)31-38(40)18-22-48(54)65(51)49-32-39(57(3,4)5)19-17-37(49)2/h17-22,29-32,34-35,43H,23-28,33H2,1-16H3. The van der Waals surface area contributed by atoms with Crippen molar-refractivity contribution < 1.29 is 0 Å². The van der Waals surface area contributed by atoms with E-state index < -0.39 is 0 Å². The van der Waals surface area contributed by atoms with E-state index in [0.29, 0.717) is 5.92 Å². The van der Waals surface area contributed by atoms with Crippen molar-refractivity contribution in [2.75, 3.05) is 9.80 Å². The maximum absolute atomic E-state index is 2.84. The van der Waals surface area contributed by atoms with Crippen molar-refractivity contribution >= 4 is 63.3 Å². The maximum atomic E-state index is 2.84. The topological polar surface area (TPSA) is 6.48 Å². The number of rotatable bonds is 1. The van der Waals surface area contributed by atoms with Crippen LogP contribution in [-0.4, -0.2) is 6.71 Å². The average molecular weight is 871 g/mol. The number of hydrogen-bond acceptors (Lipinski definition) is 2. The highest BCUT2D eigenvalue weighted by molar-refractivity contribution is 7.00. The van der Waals surface area contributed by atoms with Gasteiger partial charge in [-0.2, -0.15) is 0 Å². The van der Waals surface area contributed by atoms with Crippen molar-refractivity contribution in [3.63, 3.8) is 0 Å². The second-order valence-corrected chi connectivity index (χ2v) is 27.2. The zero-order chi connectivity index (χ0) is 46.8. The van der Waals surface area contributed by atoms with E-state index in [1.165, 1.54) is 99.4 Å². The van der Waals surface area contributed by atoms with Gasteiger partial charge in [0, 0.05) is 33.9 Å². The van der Waals surface area contributed by atoms with E-state index >= 15 is 0 Å². The fraction of sp³-hybridized carbons (Fsp3) is 0.492. The van der Waals surface area contributed by atoms with Gasteiger partial charge in [-0.25, -0.2) is 0 Å². The minimum Gasteiger partial charge on any atom is -0.311 e. The van der Waals surface area contributed by atoms with Crippen LogP contribution >= 0.6 is 0 Å². The first-order chi connectivity index (χ1) is 30.8. The van der Waals surface area contributed by atoms with Gasteiger partial charge >= 0.3 is 0 Å². The van der Waals surface area contributed by atoms with Gasteiger partial charge in [-0.05, 0) is 200 Å². The van der Waals surface area contributed by atoms with Gasteiger partial charge in [0.2, 0.25) is 0 Å². The molecule has 2 unspecified atom stereocenters. The molecule has 0 N–H and O–H groups in total. The minimum atomic E-state index is -0.0988. The van der Waals surface area contributed by atoms with Gasteiger partial charge < -0.3 is 9.80 Å². The molecule has 0 saturated heterocycles. The summed E-state index contributed by atoms with van der Waals surface area (Å²) >= 11 is 0. The number of anilines is 6. The van der Waals surface area contributed by atoms with Crippen LogP contribution < -0.4 is 26.2 Å². The molecular weight excluding hydrogens is 796 g/mol. The predicted octanol–water partition coefficient (Wildman–Crippen LogP) is 15.1. The lowest BCUT2D eigenvalue weighted by atomic mass is 9.31. The zero-order valence-corrected chi connectivity index (χ0v) is 43.4. The summed E-state index contributed by atoms with van der Waals surface area (Å²) in [7, 11) is 0. The van der Waals surface area contributed by atoms with Gasteiger partial charge in [0.05, 0.1) is 5.69 Å². The molecule has 1 fully saturated rings. The molecule has 340 valence electrons. The molecule has 7 aliphatic rings. The number of nitrogens with zero attached hydrogens (tertiary/aromatic N) is 2. The second-order valence-electron chi connectivity index (χ2n) is 27.2. The molecule has 2 atom stereocenters. The normalized spacial score (nSPS) is 24.8. The van der Waals surface area contributed by atoms with Crippen molar-refractivity contribution in [1.82, 2.24) is 0 Å². The van der Waals surface area contributed by atoms with Crippen LogP contribution in [0.4, 0.5) is 34.1 Å². The molecule has 12 rings (SSSR count). The Bertz CT molecular complexity index is 3030. The van der Waals surface area contributed by atoms with Gasteiger partial charge in [0.1, 0.15) is 0 Å². The molecule has 0 radical (unpaired) electrons. The SMILES string of the molecule is Cc1cc2c3c(c1)N1c4cc5c(cc4C4(C)CCC(C)(C)c6ccc(c1c64)B3c1c(ccc3c1CC1C(=C3)C(C)(C)CCC1(C)C)N2c1cc(C(C)(C)C)ccc1C)C(C)(C)CCC5(C)C. The molecule has 2 nitrogen and oxygen atoms in total. The van der Waals surface area contributed by atoms with E-state index in [9.17, 15) is 0 Å². The molecule has 0 amide bonds. The Labute approximate surface area is 398 Å². The molecule has 3 aliphatic heterocycles. The third kappa shape index (κ3) is 5.55. The summed E-state index contributed by atoms with van der Waals surface area (Å²) < 4.78 is 0. The van der Waals surface area contributed by atoms with Crippen molar-refractivity contribution in [2.45, 2.75) is 183 Å². The van der Waals surface area contributed by atoms with Crippen molar-refractivity contribution in [1.29, 1.82) is 0 Å². The molecule has 0 aromatic heterocycles. The summed E-state index contributed by atoms with van der Waals surface area (Å²) in [6.45, 7) is 39.8. The molecule has 0 spiro atoms. The molecule has 1 saturated carbocycles. The Morgan fingerprint density at radius 3 is 1.88 bits per heavy atom. The third-order valence-corrected chi connectivity index (χ3v) is 19.6. The lowest BCUT2D eigenvalue weighted by molar-refractivity contribution is 0.123. The van der Waals surface area contributed by atoms with E-state index in [1.807, 2.05) is 0 Å². The smallest absolute Gasteiger partial charge is 0.252 e. The summed E-state index contributed by atoms with van der Waals surface area (Å²) in [5, 5.41) is 0. The van der Waals surface area contributed by atoms with Crippen LogP contribution in [0, 0.1) is 30.6 Å². The number of aryl methyl sites for hydroxylation is 2. The summed E-state index contributed by atoms with van der Waals surface area (Å²) in [6, 6.07) is 28.2. The van der Waals surface area contributed by atoms with Gasteiger partial charge in [-0.1, -0.05) is 145 Å². The van der Waals surface area contributed by atoms with Crippen LogP contribution in [0.3, 0.4) is 0 Å². The van der Waals surface area contributed by atoms with E-state index in [4.69, 9.17) is 0 Å². The highest BCUT2D eigenvalue weighted by Gasteiger charge is 2.55. The van der Waals surface area contributed by atoms with E-state index in [2.05, 4.69) is 193 Å². The van der Waals surface area contributed by atoms with Crippen molar-refractivity contribution in [2.24, 2.45) is 16.7 Å². The van der Waals surface area contributed by atoms with Gasteiger partial charge in [0.15, 0.2) is 0 Å². The molecule has 5 aromatic rings. The molecular formula is C63H75BN2. The quantitative estimate of drug-likeness (QED) is 0.152. The molecule has 3 heteroatoms. The summed E-state index contributed by atoms with van der Waals surface area (Å²) in [6.07, 6.45) is 11.1. The van der Waals surface area contributed by atoms with Crippen LogP contribution in [0.25, 0.3) is 6.08 Å². The number of hydrogen-bond donors (Lipinski definition) is 0. The Morgan fingerprint density at radius 2 is 1.18 bits per heavy atom. The highest BCUT2D eigenvalue weighted by Crippen LogP contribution is 2.63. The third-order valence-electron chi connectivity index (χ3n) is 19.6. The lowest BCUT2D eigenvalue weighted by Crippen LogP contribution is -2.64. The first-order valence-electron chi connectivity index (χ1n) is 25.9. The average Bonchev–Trinajstić information content (AvgIpc) is 3.24. The first-order valence-corrected chi connectivity index (χ1v) is 25.9. The number of allylic oxidation sites excluding steroid dienone is 1. The Morgan fingerprint density at radius 1 is 0.545 bits per heavy atom. The van der Waals surface area contributed by atoms with E-state index in [0.717, 1.165) is 12.8 Å². The Kier molecular flexibility index (Phi) is 8.42. The van der Waals surface area contributed by atoms with Crippen LogP contribution in [0.2, 0.25) is 0 Å². The molecule has 5 aromatic carbocycles. The fourth-order valence-corrected chi connectivity index (χ4v) is 14.9. The molecule has 4 aliphatic carbocycles. The summed E-state index contributed by atoms with van der Waals surface area (Å²) in [5.41, 5.74) is 30.1. The second kappa shape index (κ2) is 13.0. The van der Waals surface area contributed by atoms with E-state index in [-0.39, 0.29) is 44.6 Å². The first kappa shape index (κ1) is 42.8. The zero-order valence-electron chi connectivity index (χ0n) is 43.4. The van der Waals surface area contributed by atoms with E-state index in [1.54, 1.807) is 44.4 Å². The lowest BCUT2D eigenvalue weighted by Gasteiger charge is -2.56. The molecule has 66 heavy (non-hydrogen) atoms.